The molecule has 0 N–H and O–H groups in total. The lowest BCUT2D eigenvalue weighted by atomic mass is 10.2. The van der Waals surface area contributed by atoms with Crippen LogP contribution in [0.25, 0.3) is 0 Å². The third-order valence-electron chi connectivity index (χ3n) is 2.33. The fraction of sp³-hybridized carbons (Fsp3) is 0.429. The number of benzene rings is 1. The Labute approximate surface area is 112 Å². The van der Waals surface area contributed by atoms with E-state index in [-0.39, 0.29) is 24.6 Å². The van der Waals surface area contributed by atoms with Crippen LogP contribution in [0.4, 0.5) is 0 Å². The Balaban J connectivity index is 2.24. The van der Waals surface area contributed by atoms with Crippen LogP contribution in [0.5, 0.6) is 0 Å². The number of ketones is 1. The van der Waals surface area contributed by atoms with E-state index < -0.39 is 0 Å². The summed E-state index contributed by atoms with van der Waals surface area (Å²) in [7, 11) is 0. The summed E-state index contributed by atoms with van der Waals surface area (Å²) in [5.41, 5.74) is 1.20. The average Bonchev–Trinajstić information content (AvgIpc) is 2.36. The largest absolute Gasteiger partial charge is 0.466 e. The zero-order valence-corrected chi connectivity index (χ0v) is 11.6. The molecule has 0 aromatic heterocycles. The SMILES string of the molecule is CCOC(=O)CCC(=O)CSc1ccc(C)cc1. The second-order valence-electron chi connectivity index (χ2n) is 3.95. The molecule has 0 bridgehead atoms. The van der Waals surface area contributed by atoms with Gasteiger partial charge >= 0.3 is 5.97 Å². The molecular formula is C14H18O3S. The van der Waals surface area contributed by atoms with Gasteiger partial charge in [-0.25, -0.2) is 0 Å². The number of carbonyl (C=O) groups is 2. The third kappa shape index (κ3) is 5.87. The van der Waals surface area contributed by atoms with Crippen LogP contribution in [-0.2, 0) is 14.3 Å². The third-order valence-corrected chi connectivity index (χ3v) is 3.41. The van der Waals surface area contributed by atoms with Crippen LogP contribution < -0.4 is 0 Å². The molecule has 0 spiro atoms. The first-order valence-electron chi connectivity index (χ1n) is 5.98. The van der Waals surface area contributed by atoms with Gasteiger partial charge in [-0.3, -0.25) is 9.59 Å². The minimum absolute atomic E-state index is 0.0774. The first-order chi connectivity index (χ1) is 8.61. The summed E-state index contributed by atoms with van der Waals surface area (Å²) in [5, 5.41) is 0. The van der Waals surface area contributed by atoms with Crippen LogP contribution in [-0.4, -0.2) is 24.1 Å². The Hall–Kier alpha value is -1.29. The smallest absolute Gasteiger partial charge is 0.306 e. The molecule has 0 atom stereocenters. The number of thioether (sulfide) groups is 1. The Morgan fingerprint density at radius 1 is 1.17 bits per heavy atom. The predicted molar refractivity (Wildman–Crippen MR) is 72.8 cm³/mol. The number of Topliss-reactive ketones (excluding diaryl/α,β-unsaturated/α-hetero) is 1. The second kappa shape index (κ2) is 7.93. The quantitative estimate of drug-likeness (QED) is 0.562. The number of ether oxygens (including phenoxy) is 1. The zero-order chi connectivity index (χ0) is 13.4. The molecule has 0 aliphatic carbocycles. The van der Waals surface area contributed by atoms with Crippen molar-refractivity contribution >= 4 is 23.5 Å². The Morgan fingerprint density at radius 2 is 1.83 bits per heavy atom. The maximum atomic E-state index is 11.6. The Kier molecular flexibility index (Phi) is 6.50. The van der Waals surface area contributed by atoms with Gasteiger partial charge in [0.2, 0.25) is 0 Å². The molecule has 0 aliphatic rings. The van der Waals surface area contributed by atoms with Crippen molar-refractivity contribution in [1.82, 2.24) is 0 Å². The van der Waals surface area contributed by atoms with Crippen LogP contribution in [0.2, 0.25) is 0 Å². The average molecular weight is 266 g/mol. The summed E-state index contributed by atoms with van der Waals surface area (Å²) in [6.07, 6.45) is 0.443. The highest BCUT2D eigenvalue weighted by Crippen LogP contribution is 2.18. The van der Waals surface area contributed by atoms with E-state index in [1.165, 1.54) is 17.3 Å². The lowest BCUT2D eigenvalue weighted by molar-refractivity contribution is -0.144. The summed E-state index contributed by atoms with van der Waals surface area (Å²) in [6.45, 7) is 4.15. The van der Waals surface area contributed by atoms with E-state index in [1.54, 1.807) is 6.92 Å². The molecule has 0 amide bonds. The molecule has 0 saturated carbocycles. The molecule has 98 valence electrons. The summed E-state index contributed by atoms with van der Waals surface area (Å²) in [6, 6.07) is 8.04. The van der Waals surface area contributed by atoms with Crippen molar-refractivity contribution in [2.75, 3.05) is 12.4 Å². The van der Waals surface area contributed by atoms with Crippen molar-refractivity contribution in [3.63, 3.8) is 0 Å². The Bertz CT molecular complexity index is 398. The van der Waals surface area contributed by atoms with E-state index in [9.17, 15) is 9.59 Å². The standard InChI is InChI=1S/C14H18O3S/c1-3-17-14(16)9-6-12(15)10-18-13-7-4-11(2)5-8-13/h4-5,7-8H,3,6,9-10H2,1-2H3. The minimum Gasteiger partial charge on any atom is -0.466 e. The molecule has 0 saturated heterocycles. The summed E-state index contributed by atoms with van der Waals surface area (Å²) in [5.74, 6) is 0.183. The molecule has 3 nitrogen and oxygen atoms in total. The summed E-state index contributed by atoms with van der Waals surface area (Å²) in [4.78, 5) is 23.7. The lowest BCUT2D eigenvalue weighted by Crippen LogP contribution is -2.08. The van der Waals surface area contributed by atoms with Crippen LogP contribution in [0, 0.1) is 6.92 Å². The normalized spacial score (nSPS) is 10.1. The van der Waals surface area contributed by atoms with Crippen molar-refractivity contribution in [2.45, 2.75) is 31.6 Å². The fourth-order valence-corrected chi connectivity index (χ4v) is 2.15. The maximum absolute atomic E-state index is 11.6. The monoisotopic (exact) mass is 266 g/mol. The van der Waals surface area contributed by atoms with Crippen molar-refractivity contribution < 1.29 is 14.3 Å². The number of carbonyl (C=O) groups excluding carboxylic acids is 2. The van der Waals surface area contributed by atoms with Gasteiger partial charge in [-0.2, -0.15) is 0 Å². The van der Waals surface area contributed by atoms with E-state index in [4.69, 9.17) is 4.74 Å². The molecule has 18 heavy (non-hydrogen) atoms. The van der Waals surface area contributed by atoms with Gasteiger partial charge in [0.25, 0.3) is 0 Å². The van der Waals surface area contributed by atoms with Gasteiger partial charge in [0.05, 0.1) is 18.8 Å². The molecule has 4 heteroatoms. The number of hydrogen-bond acceptors (Lipinski definition) is 4. The highest BCUT2D eigenvalue weighted by atomic mass is 32.2. The van der Waals surface area contributed by atoms with Gasteiger partial charge in [0.15, 0.2) is 0 Å². The first-order valence-corrected chi connectivity index (χ1v) is 6.97. The number of hydrogen-bond donors (Lipinski definition) is 0. The highest BCUT2D eigenvalue weighted by molar-refractivity contribution is 8.00. The van der Waals surface area contributed by atoms with Crippen LogP contribution in [0.1, 0.15) is 25.3 Å². The zero-order valence-electron chi connectivity index (χ0n) is 10.8. The van der Waals surface area contributed by atoms with Gasteiger partial charge in [0, 0.05) is 11.3 Å². The Morgan fingerprint density at radius 3 is 2.44 bits per heavy atom. The van der Waals surface area contributed by atoms with Crippen molar-refractivity contribution in [2.24, 2.45) is 0 Å². The second-order valence-corrected chi connectivity index (χ2v) is 4.99. The fourth-order valence-electron chi connectivity index (χ4n) is 1.35. The van der Waals surface area contributed by atoms with Gasteiger partial charge < -0.3 is 4.74 Å². The summed E-state index contributed by atoms with van der Waals surface area (Å²) < 4.78 is 4.77. The van der Waals surface area contributed by atoms with Crippen molar-refractivity contribution in [3.8, 4) is 0 Å². The number of rotatable bonds is 7. The lowest BCUT2D eigenvalue weighted by Gasteiger charge is -2.02. The molecule has 1 rings (SSSR count). The molecule has 0 radical (unpaired) electrons. The molecule has 0 unspecified atom stereocenters. The van der Waals surface area contributed by atoms with E-state index in [0.717, 1.165) is 4.90 Å². The number of aryl methyl sites for hydroxylation is 1. The number of esters is 1. The molecule has 1 aromatic rings. The van der Waals surface area contributed by atoms with Gasteiger partial charge in [-0.15, -0.1) is 11.8 Å². The molecular weight excluding hydrogens is 248 g/mol. The van der Waals surface area contributed by atoms with E-state index in [0.29, 0.717) is 12.4 Å². The first kappa shape index (κ1) is 14.8. The van der Waals surface area contributed by atoms with Crippen LogP contribution in [0.15, 0.2) is 29.2 Å². The van der Waals surface area contributed by atoms with E-state index >= 15 is 0 Å². The predicted octanol–water partition coefficient (Wildman–Crippen LogP) is 3.00. The molecule has 1 aromatic carbocycles. The van der Waals surface area contributed by atoms with Gasteiger partial charge in [0.1, 0.15) is 5.78 Å². The van der Waals surface area contributed by atoms with E-state index in [2.05, 4.69) is 0 Å². The molecule has 0 fully saturated rings. The van der Waals surface area contributed by atoms with E-state index in [1.807, 2.05) is 31.2 Å². The van der Waals surface area contributed by atoms with Crippen LogP contribution >= 0.6 is 11.8 Å². The van der Waals surface area contributed by atoms with Crippen molar-refractivity contribution in [1.29, 1.82) is 0 Å². The van der Waals surface area contributed by atoms with Gasteiger partial charge in [-0.05, 0) is 26.0 Å². The minimum atomic E-state index is -0.300. The van der Waals surface area contributed by atoms with Gasteiger partial charge in [-0.1, -0.05) is 17.7 Å². The summed E-state index contributed by atoms with van der Waals surface area (Å²) >= 11 is 1.50. The maximum Gasteiger partial charge on any atom is 0.306 e. The van der Waals surface area contributed by atoms with Crippen LogP contribution in [0.3, 0.4) is 0 Å². The molecule has 0 aliphatic heterocycles. The topological polar surface area (TPSA) is 43.4 Å². The molecule has 0 heterocycles. The van der Waals surface area contributed by atoms with Crippen molar-refractivity contribution in [3.05, 3.63) is 29.8 Å². The highest BCUT2D eigenvalue weighted by Gasteiger charge is 2.08.